The Balaban J connectivity index is 2.80. The van der Waals surface area contributed by atoms with E-state index in [2.05, 4.69) is 19.9 Å². The Morgan fingerprint density at radius 2 is 2.07 bits per heavy atom. The maximum Gasteiger partial charge on any atom is 0.280 e. The van der Waals surface area contributed by atoms with Gasteiger partial charge in [0.2, 0.25) is 5.95 Å². The summed E-state index contributed by atoms with van der Waals surface area (Å²) in [6, 6.07) is 0. The van der Waals surface area contributed by atoms with E-state index < -0.39 is 0 Å². The van der Waals surface area contributed by atoms with Gasteiger partial charge in [0.1, 0.15) is 0 Å². The van der Waals surface area contributed by atoms with E-state index >= 15 is 0 Å². The molecule has 1 N–H and O–H groups in total. The van der Waals surface area contributed by atoms with Crippen LogP contribution in [0.15, 0.2) is 11.0 Å². The lowest BCUT2D eigenvalue weighted by Gasteiger charge is -2.10. The monoisotopic (exact) mass is 205 g/mol. The van der Waals surface area contributed by atoms with Crippen molar-refractivity contribution in [3.8, 4) is 0 Å². The van der Waals surface area contributed by atoms with Crippen LogP contribution in [0.3, 0.4) is 0 Å². The van der Waals surface area contributed by atoms with Crippen molar-refractivity contribution >= 4 is 17.1 Å². The highest BCUT2D eigenvalue weighted by Crippen LogP contribution is 2.05. The Kier molecular flexibility index (Phi) is 2.11. The van der Waals surface area contributed by atoms with E-state index in [1.54, 1.807) is 25.2 Å². The summed E-state index contributed by atoms with van der Waals surface area (Å²) in [5.74, 6) is 0.479. The van der Waals surface area contributed by atoms with E-state index in [4.69, 9.17) is 0 Å². The first-order valence-corrected chi connectivity index (χ1v) is 4.49. The van der Waals surface area contributed by atoms with Gasteiger partial charge in [-0.1, -0.05) is 0 Å². The third kappa shape index (κ3) is 1.65. The minimum Gasteiger partial charge on any atom is -0.348 e. The molecule has 0 amide bonds. The van der Waals surface area contributed by atoms with Gasteiger partial charge in [0.15, 0.2) is 11.2 Å². The van der Waals surface area contributed by atoms with Crippen LogP contribution in [-0.4, -0.2) is 34.0 Å². The molecule has 2 rings (SSSR count). The fourth-order valence-corrected chi connectivity index (χ4v) is 1.20. The molecule has 0 unspecified atom stereocenters. The van der Waals surface area contributed by atoms with Gasteiger partial charge in [-0.2, -0.15) is 4.98 Å². The van der Waals surface area contributed by atoms with Gasteiger partial charge in [0, 0.05) is 20.3 Å². The van der Waals surface area contributed by atoms with Gasteiger partial charge in [-0.25, -0.2) is 9.97 Å². The molecule has 6 heteroatoms. The molecule has 0 aromatic carbocycles. The minimum absolute atomic E-state index is 0.267. The highest BCUT2D eigenvalue weighted by atomic mass is 16.1. The lowest BCUT2D eigenvalue weighted by atomic mass is 10.4. The molecule has 2 heterocycles. The number of aromatic nitrogens is 4. The number of nitrogens with zero attached hydrogens (tertiary/aromatic N) is 4. The van der Waals surface area contributed by atoms with Gasteiger partial charge in [-0.05, 0) is 6.92 Å². The van der Waals surface area contributed by atoms with Crippen molar-refractivity contribution in [2.45, 2.75) is 6.92 Å². The van der Waals surface area contributed by atoms with Gasteiger partial charge in [-0.15, -0.1) is 0 Å². The molecule has 0 fully saturated rings. The molecular weight excluding hydrogens is 194 g/mol. The van der Waals surface area contributed by atoms with Gasteiger partial charge in [-0.3, -0.25) is 9.78 Å². The van der Waals surface area contributed by atoms with E-state index in [0.717, 1.165) is 5.69 Å². The van der Waals surface area contributed by atoms with E-state index in [9.17, 15) is 4.79 Å². The maximum absolute atomic E-state index is 11.6. The number of nitrogens with one attached hydrogen (secondary N) is 1. The van der Waals surface area contributed by atoms with E-state index in [1.165, 1.54) is 0 Å². The van der Waals surface area contributed by atoms with Gasteiger partial charge in [0.25, 0.3) is 5.56 Å². The molecule has 0 atom stereocenters. The predicted octanol–water partition coefficient (Wildman–Crippen LogP) is 0.0875. The first-order chi connectivity index (χ1) is 7.08. The van der Waals surface area contributed by atoms with Crippen molar-refractivity contribution in [1.29, 1.82) is 0 Å². The van der Waals surface area contributed by atoms with Gasteiger partial charge < -0.3 is 4.90 Å². The van der Waals surface area contributed by atoms with E-state index in [0.29, 0.717) is 11.6 Å². The number of anilines is 1. The van der Waals surface area contributed by atoms with E-state index in [1.807, 2.05) is 6.92 Å². The van der Waals surface area contributed by atoms with Crippen molar-refractivity contribution in [2.75, 3.05) is 19.0 Å². The Labute approximate surface area is 86.0 Å². The number of hydrogen-bond donors (Lipinski definition) is 1. The fourth-order valence-electron chi connectivity index (χ4n) is 1.20. The van der Waals surface area contributed by atoms with Gasteiger partial charge >= 0.3 is 0 Å². The SMILES string of the molecule is Cc1cnc2c(=O)[nH]c(N(C)C)nc2n1. The number of H-pyrrole nitrogens is 1. The average molecular weight is 205 g/mol. The quantitative estimate of drug-likeness (QED) is 0.714. The topological polar surface area (TPSA) is 74.8 Å². The first kappa shape index (κ1) is 9.57. The molecule has 2 aromatic heterocycles. The summed E-state index contributed by atoms with van der Waals surface area (Å²) in [6.45, 7) is 1.81. The second-order valence-corrected chi connectivity index (χ2v) is 3.47. The molecule has 0 aliphatic rings. The summed E-state index contributed by atoms with van der Waals surface area (Å²) >= 11 is 0. The Morgan fingerprint density at radius 1 is 1.33 bits per heavy atom. The number of aromatic amines is 1. The molecule has 0 aliphatic carbocycles. The lowest BCUT2D eigenvalue weighted by Crippen LogP contribution is -2.19. The number of rotatable bonds is 1. The normalized spacial score (nSPS) is 10.6. The van der Waals surface area contributed by atoms with E-state index in [-0.39, 0.29) is 11.1 Å². The number of hydrogen-bond acceptors (Lipinski definition) is 5. The zero-order chi connectivity index (χ0) is 11.0. The number of fused-ring (bicyclic) bond motifs is 1. The number of aryl methyl sites for hydroxylation is 1. The summed E-state index contributed by atoms with van der Waals surface area (Å²) in [7, 11) is 3.60. The highest BCUT2D eigenvalue weighted by Gasteiger charge is 2.07. The summed E-state index contributed by atoms with van der Waals surface area (Å²) in [6.07, 6.45) is 1.55. The molecule has 15 heavy (non-hydrogen) atoms. The zero-order valence-corrected chi connectivity index (χ0v) is 8.77. The predicted molar refractivity (Wildman–Crippen MR) is 57.0 cm³/mol. The molecule has 0 bridgehead atoms. The first-order valence-electron chi connectivity index (χ1n) is 4.49. The molecule has 0 saturated heterocycles. The second-order valence-electron chi connectivity index (χ2n) is 3.47. The largest absolute Gasteiger partial charge is 0.348 e. The van der Waals surface area contributed by atoms with Crippen LogP contribution >= 0.6 is 0 Å². The van der Waals surface area contributed by atoms with Crippen molar-refractivity contribution < 1.29 is 0 Å². The van der Waals surface area contributed by atoms with Crippen molar-refractivity contribution in [3.05, 3.63) is 22.2 Å². The lowest BCUT2D eigenvalue weighted by molar-refractivity contribution is 0.982. The van der Waals surface area contributed by atoms with Crippen molar-refractivity contribution in [3.63, 3.8) is 0 Å². The molecule has 0 spiro atoms. The van der Waals surface area contributed by atoms with Gasteiger partial charge in [0.05, 0.1) is 5.69 Å². The highest BCUT2D eigenvalue weighted by molar-refractivity contribution is 5.69. The molecule has 0 aliphatic heterocycles. The molecule has 6 nitrogen and oxygen atoms in total. The van der Waals surface area contributed by atoms with Crippen LogP contribution in [0.2, 0.25) is 0 Å². The summed E-state index contributed by atoms with van der Waals surface area (Å²) in [5.41, 5.74) is 1.12. The fraction of sp³-hybridized carbons (Fsp3) is 0.333. The standard InChI is InChI=1S/C9H11N5O/c1-5-4-10-6-7(11-5)12-9(14(2)3)13-8(6)15/h4H,1-3H3,(H,11,12,13,15). The van der Waals surface area contributed by atoms with Crippen LogP contribution in [0.4, 0.5) is 5.95 Å². The molecule has 0 saturated carbocycles. The maximum atomic E-state index is 11.6. The van der Waals surface area contributed by atoms with Crippen LogP contribution in [0.25, 0.3) is 11.2 Å². The van der Waals surface area contributed by atoms with Crippen LogP contribution in [0, 0.1) is 6.92 Å². The minimum atomic E-state index is -0.267. The molecule has 0 radical (unpaired) electrons. The summed E-state index contributed by atoms with van der Waals surface area (Å²) < 4.78 is 0. The third-order valence-electron chi connectivity index (χ3n) is 1.95. The van der Waals surface area contributed by atoms with Crippen LogP contribution < -0.4 is 10.5 Å². The summed E-state index contributed by atoms with van der Waals surface area (Å²) in [4.78, 5) is 28.3. The second kappa shape index (κ2) is 3.30. The van der Waals surface area contributed by atoms with Crippen LogP contribution in [0.5, 0.6) is 0 Å². The molecular formula is C9H11N5O. The Bertz CT molecular complexity index is 560. The molecule has 78 valence electrons. The van der Waals surface area contributed by atoms with Crippen LogP contribution in [-0.2, 0) is 0 Å². The average Bonchev–Trinajstić information content (AvgIpc) is 2.16. The third-order valence-corrected chi connectivity index (χ3v) is 1.95. The van der Waals surface area contributed by atoms with Crippen molar-refractivity contribution in [2.24, 2.45) is 0 Å². The zero-order valence-electron chi connectivity index (χ0n) is 8.77. The Hall–Kier alpha value is -1.98. The smallest absolute Gasteiger partial charge is 0.280 e. The summed E-state index contributed by atoms with van der Waals surface area (Å²) in [5, 5.41) is 0. The molecule has 2 aromatic rings. The van der Waals surface area contributed by atoms with Crippen molar-refractivity contribution in [1.82, 2.24) is 19.9 Å². The van der Waals surface area contributed by atoms with Crippen LogP contribution in [0.1, 0.15) is 5.69 Å². The Morgan fingerprint density at radius 3 is 2.73 bits per heavy atom.